The zero-order chi connectivity index (χ0) is 25.8. The van der Waals surface area contributed by atoms with E-state index < -0.39 is 20.0 Å². The van der Waals surface area contributed by atoms with Crippen LogP contribution in [0.3, 0.4) is 0 Å². The molecule has 3 aromatic heterocycles. The molecule has 2 aromatic carbocycles. The first-order valence-electron chi connectivity index (χ1n) is 10.7. The Balaban J connectivity index is 1.58. The van der Waals surface area contributed by atoms with Gasteiger partial charge in [-0.1, -0.05) is 35.4 Å². The molecule has 0 N–H and O–H groups in total. The predicted molar refractivity (Wildman–Crippen MR) is 144 cm³/mol. The SMILES string of the molecule is Cc1ccc(S(=O)(=O)n2cc(-c3cnc4c(n3)c(I)cn4S(=O)(=O)c3ccc(C)cc3)c(C)n2)cc1. The zero-order valence-electron chi connectivity index (χ0n) is 19.4. The largest absolute Gasteiger partial charge is 0.282 e. The molecule has 12 heteroatoms. The molecule has 0 aliphatic carbocycles. The van der Waals surface area contributed by atoms with Gasteiger partial charge in [0.05, 0.1) is 37.1 Å². The van der Waals surface area contributed by atoms with Gasteiger partial charge in [0.2, 0.25) is 0 Å². The number of halogens is 1. The van der Waals surface area contributed by atoms with Gasteiger partial charge in [-0.05, 0) is 67.6 Å². The molecule has 0 fully saturated rings. The lowest BCUT2D eigenvalue weighted by atomic mass is 10.2. The lowest BCUT2D eigenvalue weighted by molar-refractivity contribution is 0.579. The summed E-state index contributed by atoms with van der Waals surface area (Å²) in [5, 5.41) is 4.21. The van der Waals surface area contributed by atoms with Crippen LogP contribution in [0.1, 0.15) is 16.8 Å². The zero-order valence-corrected chi connectivity index (χ0v) is 23.2. The van der Waals surface area contributed by atoms with Crippen LogP contribution in [0.25, 0.3) is 22.4 Å². The maximum Gasteiger partial charge on any atom is 0.282 e. The van der Waals surface area contributed by atoms with Crippen molar-refractivity contribution in [2.45, 2.75) is 30.6 Å². The average Bonchev–Trinajstić information content (AvgIpc) is 3.40. The van der Waals surface area contributed by atoms with Gasteiger partial charge in [-0.3, -0.25) is 0 Å². The summed E-state index contributed by atoms with van der Waals surface area (Å²) in [4.78, 5) is 9.29. The summed E-state index contributed by atoms with van der Waals surface area (Å²) in [6.07, 6.45) is 4.29. The Bertz CT molecular complexity index is 1840. The number of benzene rings is 2. The van der Waals surface area contributed by atoms with E-state index in [1.165, 1.54) is 30.7 Å². The van der Waals surface area contributed by atoms with Crippen LogP contribution < -0.4 is 0 Å². The normalized spacial score (nSPS) is 12.3. The highest BCUT2D eigenvalue weighted by atomic mass is 127. The van der Waals surface area contributed by atoms with E-state index in [1.807, 2.05) is 36.4 Å². The minimum absolute atomic E-state index is 0.122. The molecule has 0 amide bonds. The molecule has 0 spiro atoms. The second-order valence-electron chi connectivity index (χ2n) is 8.34. The van der Waals surface area contributed by atoms with E-state index in [0.29, 0.717) is 26.0 Å². The molecule has 0 saturated carbocycles. The summed E-state index contributed by atoms with van der Waals surface area (Å²) >= 11 is 2.01. The van der Waals surface area contributed by atoms with Crippen LogP contribution in [0.15, 0.2) is 76.9 Å². The van der Waals surface area contributed by atoms with Crippen LogP contribution in [0.4, 0.5) is 0 Å². The first kappa shape index (κ1) is 24.6. The number of hydrogen-bond donors (Lipinski definition) is 0. The van der Waals surface area contributed by atoms with E-state index in [-0.39, 0.29) is 15.4 Å². The van der Waals surface area contributed by atoms with Crippen LogP contribution in [0.2, 0.25) is 0 Å². The molecular formula is C24H20IN5O4S2. The molecule has 184 valence electrons. The van der Waals surface area contributed by atoms with E-state index in [9.17, 15) is 16.8 Å². The van der Waals surface area contributed by atoms with Crippen molar-refractivity contribution in [3.05, 3.63) is 87.5 Å². The van der Waals surface area contributed by atoms with E-state index >= 15 is 0 Å². The monoisotopic (exact) mass is 633 g/mol. The van der Waals surface area contributed by atoms with Crippen molar-refractivity contribution in [2.75, 3.05) is 0 Å². The molecule has 0 atom stereocenters. The molecule has 0 saturated heterocycles. The minimum atomic E-state index is -3.89. The van der Waals surface area contributed by atoms with Gasteiger partial charge in [0.1, 0.15) is 5.52 Å². The van der Waals surface area contributed by atoms with Crippen LogP contribution in [0, 0.1) is 24.3 Å². The van der Waals surface area contributed by atoms with Crippen molar-refractivity contribution in [3.63, 3.8) is 0 Å². The fraction of sp³-hybridized carbons (Fsp3) is 0.125. The Morgan fingerprint density at radius 2 is 1.33 bits per heavy atom. The van der Waals surface area contributed by atoms with E-state index in [4.69, 9.17) is 0 Å². The quantitative estimate of drug-likeness (QED) is 0.265. The standard InChI is InChI=1S/C24H20IN5O4S2/c1-15-4-8-18(9-5-15)35(31,32)29-14-21(25)23-24(29)26-12-22(27-23)20-13-30(28-17(20)3)36(33,34)19-10-6-16(2)7-11-19/h4-14H,1-3H3. The van der Waals surface area contributed by atoms with Crippen LogP contribution in [-0.2, 0) is 20.0 Å². The van der Waals surface area contributed by atoms with E-state index in [1.54, 1.807) is 43.3 Å². The first-order chi connectivity index (χ1) is 17.0. The first-order valence-corrected chi connectivity index (χ1v) is 14.7. The highest BCUT2D eigenvalue weighted by molar-refractivity contribution is 14.1. The number of hydrogen-bond acceptors (Lipinski definition) is 7. The number of aromatic nitrogens is 5. The van der Waals surface area contributed by atoms with Gasteiger partial charge in [0.25, 0.3) is 20.0 Å². The molecule has 36 heavy (non-hydrogen) atoms. The fourth-order valence-electron chi connectivity index (χ4n) is 3.69. The summed E-state index contributed by atoms with van der Waals surface area (Å²) in [5.74, 6) is 0. The van der Waals surface area contributed by atoms with Gasteiger partial charge < -0.3 is 0 Å². The van der Waals surface area contributed by atoms with Gasteiger partial charge >= 0.3 is 0 Å². The van der Waals surface area contributed by atoms with Crippen LogP contribution in [0.5, 0.6) is 0 Å². The maximum atomic E-state index is 13.3. The van der Waals surface area contributed by atoms with Gasteiger partial charge in [-0.2, -0.15) is 17.6 Å². The third-order valence-electron chi connectivity index (χ3n) is 5.72. The summed E-state index contributed by atoms with van der Waals surface area (Å²) in [6.45, 7) is 5.44. The van der Waals surface area contributed by atoms with E-state index in [2.05, 4.69) is 15.1 Å². The van der Waals surface area contributed by atoms with Gasteiger partial charge in [0, 0.05) is 11.8 Å². The number of rotatable bonds is 5. The third-order valence-corrected chi connectivity index (χ3v) is 9.72. The number of fused-ring (bicyclic) bond motifs is 1. The topological polar surface area (TPSA) is 117 Å². The lowest BCUT2D eigenvalue weighted by Crippen LogP contribution is -2.13. The minimum Gasteiger partial charge on any atom is -0.242 e. The van der Waals surface area contributed by atoms with Crippen molar-refractivity contribution in [2.24, 2.45) is 0 Å². The van der Waals surface area contributed by atoms with Crippen molar-refractivity contribution in [1.82, 2.24) is 23.1 Å². The number of aryl methyl sites for hydroxylation is 3. The molecule has 0 bridgehead atoms. The van der Waals surface area contributed by atoms with Crippen LogP contribution >= 0.6 is 22.6 Å². The van der Waals surface area contributed by atoms with Crippen molar-refractivity contribution >= 4 is 53.8 Å². The van der Waals surface area contributed by atoms with Gasteiger partial charge in [-0.25, -0.2) is 22.4 Å². The van der Waals surface area contributed by atoms with E-state index in [0.717, 1.165) is 19.2 Å². The number of nitrogens with zero attached hydrogens (tertiary/aromatic N) is 5. The summed E-state index contributed by atoms with van der Waals surface area (Å²) in [6, 6.07) is 13.1. The fourth-order valence-corrected chi connectivity index (χ4v) is 7.01. The molecule has 5 rings (SSSR count). The Kier molecular flexibility index (Phi) is 6.00. The Morgan fingerprint density at radius 1 is 0.778 bits per heavy atom. The highest BCUT2D eigenvalue weighted by Gasteiger charge is 2.24. The molecular weight excluding hydrogens is 613 g/mol. The molecule has 0 aliphatic rings. The Morgan fingerprint density at radius 3 is 1.92 bits per heavy atom. The molecule has 3 heterocycles. The Labute approximate surface area is 222 Å². The van der Waals surface area contributed by atoms with Gasteiger partial charge in [0.15, 0.2) is 5.65 Å². The molecule has 9 nitrogen and oxygen atoms in total. The summed E-state index contributed by atoms with van der Waals surface area (Å²) in [7, 11) is -7.78. The molecule has 5 aromatic rings. The van der Waals surface area contributed by atoms with Crippen molar-refractivity contribution < 1.29 is 16.8 Å². The second kappa shape index (κ2) is 8.78. The average molecular weight is 633 g/mol. The predicted octanol–water partition coefficient (Wildman–Crippen LogP) is 4.30. The smallest absolute Gasteiger partial charge is 0.242 e. The maximum absolute atomic E-state index is 13.3. The summed E-state index contributed by atoms with van der Waals surface area (Å²) in [5.41, 5.74) is 3.77. The van der Waals surface area contributed by atoms with Crippen molar-refractivity contribution in [3.8, 4) is 11.3 Å². The van der Waals surface area contributed by atoms with Gasteiger partial charge in [-0.15, -0.1) is 0 Å². The Hall–Kier alpha value is -3.10. The highest BCUT2D eigenvalue weighted by Crippen LogP contribution is 2.29. The molecule has 0 radical (unpaired) electrons. The lowest BCUT2D eigenvalue weighted by Gasteiger charge is -2.07. The third kappa shape index (κ3) is 4.12. The molecule has 0 unspecified atom stereocenters. The molecule has 0 aliphatic heterocycles. The van der Waals surface area contributed by atoms with Crippen LogP contribution in [-0.4, -0.2) is 40.0 Å². The second-order valence-corrected chi connectivity index (χ2v) is 13.1. The van der Waals surface area contributed by atoms with Crippen molar-refractivity contribution in [1.29, 1.82) is 0 Å². The summed E-state index contributed by atoms with van der Waals surface area (Å²) < 4.78 is 55.3.